The molecule has 0 unspecified atom stereocenters. The van der Waals surface area contributed by atoms with Crippen molar-refractivity contribution < 1.29 is 41.5 Å². The third-order valence-corrected chi connectivity index (χ3v) is 6.47. The number of imide groups is 1. The second kappa shape index (κ2) is 21.5. The average Bonchev–Trinajstić information content (AvgIpc) is 3.85. The molecule has 0 bridgehead atoms. The Balaban J connectivity index is 0.000000688. The summed E-state index contributed by atoms with van der Waals surface area (Å²) < 4.78 is 47.3. The van der Waals surface area contributed by atoms with Crippen LogP contribution in [0.4, 0.5) is 29.7 Å². The molecule has 0 aliphatic heterocycles. The summed E-state index contributed by atoms with van der Waals surface area (Å²) in [5.41, 5.74) is 0.236. The molecule has 0 radical (unpaired) electrons. The lowest BCUT2D eigenvalue weighted by molar-refractivity contribution is -0.135. The van der Waals surface area contributed by atoms with Gasteiger partial charge in [0.2, 0.25) is 15.0 Å². The van der Waals surface area contributed by atoms with E-state index in [1.807, 2.05) is 45.2 Å². The molecule has 19 heteroatoms. The zero-order valence-corrected chi connectivity index (χ0v) is 29.8. The number of aliphatic carboxylic acids is 1. The van der Waals surface area contributed by atoms with Crippen molar-refractivity contribution in [3.63, 3.8) is 0 Å². The van der Waals surface area contributed by atoms with Crippen LogP contribution in [0.5, 0.6) is 0 Å². The molecule has 2 aromatic rings. The summed E-state index contributed by atoms with van der Waals surface area (Å²) in [5, 5.41) is 31.4. The van der Waals surface area contributed by atoms with Gasteiger partial charge >= 0.3 is 18.0 Å². The van der Waals surface area contributed by atoms with Crippen LogP contribution in [0.3, 0.4) is 0 Å². The normalized spacial score (nSPS) is 12.5. The summed E-state index contributed by atoms with van der Waals surface area (Å²) in [7, 11) is 1.31. The van der Waals surface area contributed by atoms with Crippen molar-refractivity contribution in [1.82, 2.24) is 10.2 Å². The lowest BCUT2D eigenvalue weighted by Gasteiger charge is -2.20. The van der Waals surface area contributed by atoms with Gasteiger partial charge in [-0.25, -0.2) is 26.8 Å². The van der Waals surface area contributed by atoms with Gasteiger partial charge in [0, 0.05) is 29.9 Å². The van der Waals surface area contributed by atoms with Crippen LogP contribution in [0.2, 0.25) is 0 Å². The van der Waals surface area contributed by atoms with Gasteiger partial charge in [-0.2, -0.15) is 10.5 Å². The van der Waals surface area contributed by atoms with E-state index >= 15 is 0 Å². The number of nitriles is 2. The molecule has 0 aromatic heterocycles. The highest BCUT2D eigenvalue weighted by Gasteiger charge is 2.37. The highest BCUT2D eigenvalue weighted by Crippen LogP contribution is 2.28. The maximum Gasteiger partial charge on any atom is 0.328 e. The number of urea groups is 2. The van der Waals surface area contributed by atoms with Gasteiger partial charge in [-0.1, -0.05) is 7.43 Å². The minimum absolute atomic E-state index is 0. The third-order valence-electron chi connectivity index (χ3n) is 5.12. The van der Waals surface area contributed by atoms with Crippen molar-refractivity contribution in [3.8, 4) is 12.1 Å². The maximum absolute atomic E-state index is 13.7. The zero-order chi connectivity index (χ0) is 35.0. The maximum atomic E-state index is 13.7. The van der Waals surface area contributed by atoms with Gasteiger partial charge in [0.15, 0.2) is 0 Å². The first kappa shape index (κ1) is 43.7. The van der Waals surface area contributed by atoms with Crippen molar-refractivity contribution >= 4 is 100 Å². The summed E-state index contributed by atoms with van der Waals surface area (Å²) in [5.74, 6) is -2.60. The molecular formula is C28H31ClF2I2N6O7S. The molecule has 4 N–H and O–H groups in total. The first-order chi connectivity index (χ1) is 21.4. The standard InChI is InChI=1S/C13H11FIN3O2.C10H10FIN2O.C3H3NO2.CH3ClO2S.CH4/c14-10-7-8(15)1-4-11(10)17-13(20)18(9-2-3-9)12(19)5-6-16;11-8-5-6(12)1-4-9(8)14-10(15)13-7-2-3-7;4-2-1-3(5)6;1-5(2,3)4;/h1,4,7,9H,2-3,5H2,(H,17,20);1,4-5,7H,2-3H2,(H2,13,14,15);1H2,(H,5,6);1H3;1H4. The van der Waals surface area contributed by atoms with Crippen LogP contribution in [-0.4, -0.2) is 60.7 Å². The highest BCUT2D eigenvalue weighted by molar-refractivity contribution is 14.1. The molecule has 0 heterocycles. The summed E-state index contributed by atoms with van der Waals surface area (Å²) in [6.07, 6.45) is 3.64. The Morgan fingerprint density at radius 3 is 1.72 bits per heavy atom. The smallest absolute Gasteiger partial charge is 0.328 e. The van der Waals surface area contributed by atoms with Gasteiger partial charge in [-0.3, -0.25) is 14.5 Å². The van der Waals surface area contributed by atoms with E-state index in [2.05, 4.69) is 26.6 Å². The van der Waals surface area contributed by atoms with Crippen LogP contribution in [-0.2, 0) is 18.6 Å². The van der Waals surface area contributed by atoms with E-state index < -0.39 is 45.0 Å². The fourth-order valence-electron chi connectivity index (χ4n) is 2.96. The molecule has 5 amide bonds. The molecule has 0 saturated heterocycles. The van der Waals surface area contributed by atoms with Crippen LogP contribution in [0.25, 0.3) is 0 Å². The second-order valence-electron chi connectivity index (χ2n) is 9.29. The Hall–Kier alpha value is -3.34. The number of carboxylic acids is 1. The van der Waals surface area contributed by atoms with Gasteiger partial charge in [-0.05, 0) is 107 Å². The van der Waals surface area contributed by atoms with Gasteiger partial charge in [-0.15, -0.1) is 0 Å². The van der Waals surface area contributed by atoms with Crippen molar-refractivity contribution in [2.24, 2.45) is 0 Å². The largest absolute Gasteiger partial charge is 0.480 e. The predicted octanol–water partition coefficient (Wildman–Crippen LogP) is 6.39. The molecule has 2 fully saturated rings. The molecule has 2 aliphatic carbocycles. The molecule has 2 saturated carbocycles. The van der Waals surface area contributed by atoms with Crippen LogP contribution in [0, 0.1) is 41.4 Å². The number of halogens is 5. The first-order valence-corrected chi connectivity index (χ1v) is 17.8. The van der Waals surface area contributed by atoms with E-state index in [-0.39, 0.29) is 43.3 Å². The number of carboxylic acid groups (broad SMARTS) is 1. The van der Waals surface area contributed by atoms with E-state index in [0.29, 0.717) is 3.57 Å². The quantitative estimate of drug-likeness (QED) is 0.187. The number of nitrogens with zero attached hydrogens (tertiary/aromatic N) is 3. The number of anilines is 2. The highest BCUT2D eigenvalue weighted by atomic mass is 127. The van der Waals surface area contributed by atoms with E-state index in [0.717, 1.165) is 40.4 Å². The van der Waals surface area contributed by atoms with Gasteiger partial charge in [0.1, 0.15) is 24.5 Å². The summed E-state index contributed by atoms with van der Waals surface area (Å²) in [6.45, 7) is 0. The Kier molecular flexibility index (Phi) is 20.0. The van der Waals surface area contributed by atoms with Crippen molar-refractivity contribution in [2.45, 2.75) is 58.0 Å². The molecule has 13 nitrogen and oxygen atoms in total. The Labute approximate surface area is 302 Å². The zero-order valence-electron chi connectivity index (χ0n) is 23.9. The Morgan fingerprint density at radius 1 is 0.936 bits per heavy atom. The van der Waals surface area contributed by atoms with Crippen LogP contribution in [0.15, 0.2) is 36.4 Å². The monoisotopic (exact) mass is 922 g/mol. The lowest BCUT2D eigenvalue weighted by Crippen LogP contribution is -2.41. The number of benzene rings is 2. The Bertz CT molecular complexity index is 1610. The lowest BCUT2D eigenvalue weighted by atomic mass is 10.3. The average molecular weight is 923 g/mol. The minimum atomic E-state index is -3.19. The molecule has 0 atom stereocenters. The summed E-state index contributed by atoms with van der Waals surface area (Å²) in [6, 6.07) is 11.3. The number of rotatable bonds is 6. The summed E-state index contributed by atoms with van der Waals surface area (Å²) >= 11 is 3.98. The number of carbonyl (C=O) groups excluding carboxylic acids is 3. The number of hydrogen-bond donors (Lipinski definition) is 4. The van der Waals surface area contributed by atoms with Gasteiger partial charge in [0.05, 0.1) is 29.8 Å². The van der Waals surface area contributed by atoms with Crippen LogP contribution < -0.4 is 16.0 Å². The Morgan fingerprint density at radius 2 is 1.38 bits per heavy atom. The molecule has 4 rings (SSSR count). The minimum Gasteiger partial charge on any atom is -0.480 e. The molecule has 2 aliphatic rings. The fraction of sp³-hybridized carbons (Fsp3) is 0.357. The molecule has 47 heavy (non-hydrogen) atoms. The SMILES string of the molecule is C.CS(=O)(=O)Cl.N#CCC(=O)N(C(=O)Nc1ccc(I)cc1F)C1CC1.N#CCC(=O)O.O=C(Nc1ccc(I)cc1F)NC1CC1. The topological polar surface area (TPSA) is 210 Å². The molecular weight excluding hydrogens is 892 g/mol. The van der Waals surface area contributed by atoms with Crippen LogP contribution >= 0.6 is 55.9 Å². The molecule has 0 spiro atoms. The van der Waals surface area contributed by atoms with E-state index in [1.165, 1.54) is 24.3 Å². The number of amides is 5. The fourth-order valence-corrected chi connectivity index (χ4v) is 3.87. The van der Waals surface area contributed by atoms with Gasteiger partial charge < -0.3 is 21.1 Å². The summed E-state index contributed by atoms with van der Waals surface area (Å²) in [4.78, 5) is 45.5. The van der Waals surface area contributed by atoms with Crippen molar-refractivity contribution in [1.29, 1.82) is 10.5 Å². The first-order valence-electron chi connectivity index (χ1n) is 12.9. The number of nitrogens with one attached hydrogen (secondary N) is 3. The van der Waals surface area contributed by atoms with Crippen molar-refractivity contribution in [3.05, 3.63) is 55.2 Å². The number of carbonyl (C=O) groups is 4. The predicted molar refractivity (Wildman–Crippen MR) is 188 cm³/mol. The number of hydrogen-bond acceptors (Lipinski definition) is 8. The van der Waals surface area contributed by atoms with Crippen LogP contribution in [0.1, 0.15) is 46.0 Å². The van der Waals surface area contributed by atoms with Crippen molar-refractivity contribution in [2.75, 3.05) is 16.9 Å². The molecule has 2 aromatic carbocycles. The second-order valence-corrected chi connectivity index (χ2v) is 14.8. The van der Waals surface area contributed by atoms with E-state index in [4.69, 9.17) is 15.6 Å². The third kappa shape index (κ3) is 20.5. The van der Waals surface area contributed by atoms with E-state index in [9.17, 15) is 36.4 Å². The van der Waals surface area contributed by atoms with E-state index in [1.54, 1.807) is 24.3 Å². The van der Waals surface area contributed by atoms with Gasteiger partial charge in [0.25, 0.3) is 0 Å². The molecule has 256 valence electrons.